The van der Waals surface area contributed by atoms with E-state index in [2.05, 4.69) is 10.1 Å². The summed E-state index contributed by atoms with van der Waals surface area (Å²) in [5.74, 6) is 0.104. The lowest BCUT2D eigenvalue weighted by molar-refractivity contribution is 0.566. The summed E-state index contributed by atoms with van der Waals surface area (Å²) in [6.07, 6.45) is 2.18. The van der Waals surface area contributed by atoms with E-state index in [9.17, 15) is 8.42 Å². The normalized spacial score (nSPS) is 11.7. The summed E-state index contributed by atoms with van der Waals surface area (Å²) >= 11 is 5.95. The fourth-order valence-electron chi connectivity index (χ4n) is 1.89. The van der Waals surface area contributed by atoms with Gasteiger partial charge >= 0.3 is 0 Å². The molecule has 2 N–H and O–H groups in total. The SMILES string of the molecule is CCCn1ncnc1CS(=O)(=O)c1c(N)cccc1Cl. The van der Waals surface area contributed by atoms with Gasteiger partial charge in [-0.05, 0) is 18.6 Å². The average molecular weight is 315 g/mol. The topological polar surface area (TPSA) is 90.9 Å². The summed E-state index contributed by atoms with van der Waals surface area (Å²) in [7, 11) is -3.67. The smallest absolute Gasteiger partial charge is 0.189 e. The molecule has 0 fully saturated rings. The maximum Gasteiger partial charge on any atom is 0.189 e. The first kappa shape index (κ1) is 14.8. The summed E-state index contributed by atoms with van der Waals surface area (Å²) in [5.41, 5.74) is 5.86. The van der Waals surface area contributed by atoms with Gasteiger partial charge < -0.3 is 5.73 Å². The molecule has 0 bridgehead atoms. The lowest BCUT2D eigenvalue weighted by atomic mass is 10.3. The zero-order chi connectivity index (χ0) is 14.8. The van der Waals surface area contributed by atoms with E-state index in [1.165, 1.54) is 18.5 Å². The Balaban J connectivity index is 2.39. The number of halogens is 1. The molecule has 0 aliphatic carbocycles. The fourth-order valence-corrected chi connectivity index (χ4v) is 3.93. The van der Waals surface area contributed by atoms with Crippen LogP contribution in [0.5, 0.6) is 0 Å². The predicted molar refractivity (Wildman–Crippen MR) is 77.1 cm³/mol. The summed E-state index contributed by atoms with van der Waals surface area (Å²) in [6, 6.07) is 4.62. The minimum Gasteiger partial charge on any atom is -0.398 e. The Bertz CT molecular complexity index is 692. The Hall–Kier alpha value is -1.60. The summed E-state index contributed by atoms with van der Waals surface area (Å²) in [4.78, 5) is 3.95. The molecule has 8 heteroatoms. The van der Waals surface area contributed by atoms with E-state index in [-0.39, 0.29) is 21.4 Å². The fraction of sp³-hybridized carbons (Fsp3) is 0.333. The molecule has 0 aliphatic heterocycles. The maximum atomic E-state index is 12.5. The number of anilines is 1. The highest BCUT2D eigenvalue weighted by atomic mass is 35.5. The first-order chi connectivity index (χ1) is 9.45. The van der Waals surface area contributed by atoms with Crippen LogP contribution in [0.25, 0.3) is 0 Å². The van der Waals surface area contributed by atoms with Crippen molar-refractivity contribution in [3.05, 3.63) is 35.4 Å². The quantitative estimate of drug-likeness (QED) is 0.851. The molecular formula is C12H15ClN4O2S. The Morgan fingerprint density at radius 1 is 1.40 bits per heavy atom. The van der Waals surface area contributed by atoms with Crippen molar-refractivity contribution in [1.29, 1.82) is 0 Å². The Morgan fingerprint density at radius 2 is 2.15 bits per heavy atom. The maximum absolute atomic E-state index is 12.5. The van der Waals surface area contributed by atoms with Gasteiger partial charge in [0, 0.05) is 6.54 Å². The van der Waals surface area contributed by atoms with Gasteiger partial charge in [-0.2, -0.15) is 5.10 Å². The van der Waals surface area contributed by atoms with E-state index in [1.807, 2.05) is 6.92 Å². The van der Waals surface area contributed by atoms with Crippen LogP contribution in [0.1, 0.15) is 19.2 Å². The lowest BCUT2D eigenvalue weighted by Crippen LogP contribution is -2.14. The third-order valence-electron chi connectivity index (χ3n) is 2.76. The second-order valence-corrected chi connectivity index (χ2v) is 6.65. The molecule has 20 heavy (non-hydrogen) atoms. The van der Waals surface area contributed by atoms with Crippen LogP contribution in [-0.4, -0.2) is 23.2 Å². The van der Waals surface area contributed by atoms with Gasteiger partial charge in [0.1, 0.15) is 22.8 Å². The van der Waals surface area contributed by atoms with Crippen LogP contribution in [0.3, 0.4) is 0 Å². The van der Waals surface area contributed by atoms with Crippen molar-refractivity contribution < 1.29 is 8.42 Å². The van der Waals surface area contributed by atoms with Gasteiger partial charge in [0.25, 0.3) is 0 Å². The van der Waals surface area contributed by atoms with Crippen LogP contribution in [0, 0.1) is 0 Å². The van der Waals surface area contributed by atoms with Gasteiger partial charge in [-0.1, -0.05) is 24.6 Å². The van der Waals surface area contributed by atoms with Gasteiger partial charge in [-0.15, -0.1) is 0 Å². The van der Waals surface area contributed by atoms with Crippen LogP contribution in [0.15, 0.2) is 29.4 Å². The third-order valence-corrected chi connectivity index (χ3v) is 4.90. The summed E-state index contributed by atoms with van der Waals surface area (Å²) in [5, 5.41) is 4.12. The number of aryl methyl sites for hydroxylation is 1. The van der Waals surface area contributed by atoms with Crippen molar-refractivity contribution in [2.75, 3.05) is 5.73 Å². The number of hydrogen-bond donors (Lipinski definition) is 1. The molecule has 0 atom stereocenters. The van der Waals surface area contributed by atoms with Gasteiger partial charge in [-0.3, -0.25) is 0 Å². The van der Waals surface area contributed by atoms with E-state index >= 15 is 0 Å². The molecule has 0 spiro atoms. The van der Waals surface area contributed by atoms with E-state index in [4.69, 9.17) is 17.3 Å². The molecule has 0 saturated carbocycles. The molecule has 1 aromatic heterocycles. The predicted octanol–water partition coefficient (Wildman–Crippen LogP) is 1.90. The number of aromatic nitrogens is 3. The van der Waals surface area contributed by atoms with E-state index in [0.717, 1.165) is 6.42 Å². The molecule has 0 radical (unpaired) electrons. The van der Waals surface area contributed by atoms with E-state index < -0.39 is 9.84 Å². The standard InChI is InChI=1S/C12H15ClN4O2S/c1-2-6-17-11(15-8-16-17)7-20(18,19)12-9(13)4-3-5-10(12)14/h3-5,8H,2,6-7,14H2,1H3. The molecule has 0 saturated heterocycles. The van der Waals surface area contributed by atoms with Gasteiger partial charge in [0.05, 0.1) is 10.7 Å². The lowest BCUT2D eigenvalue weighted by Gasteiger charge is -2.09. The first-order valence-electron chi connectivity index (χ1n) is 6.09. The van der Waals surface area contributed by atoms with Gasteiger partial charge in [-0.25, -0.2) is 18.1 Å². The molecule has 1 heterocycles. The van der Waals surface area contributed by atoms with E-state index in [1.54, 1.807) is 10.7 Å². The largest absolute Gasteiger partial charge is 0.398 e. The highest BCUT2D eigenvalue weighted by Crippen LogP contribution is 2.29. The second-order valence-electron chi connectivity index (χ2n) is 4.32. The number of benzene rings is 1. The molecule has 0 unspecified atom stereocenters. The average Bonchev–Trinajstić information content (AvgIpc) is 2.76. The van der Waals surface area contributed by atoms with Crippen molar-refractivity contribution in [3.63, 3.8) is 0 Å². The van der Waals surface area contributed by atoms with Crippen molar-refractivity contribution in [2.45, 2.75) is 30.5 Å². The molecule has 0 amide bonds. The highest BCUT2D eigenvalue weighted by molar-refractivity contribution is 7.91. The Labute approximate surface area is 122 Å². The number of rotatable bonds is 5. The molecule has 0 aliphatic rings. The second kappa shape index (κ2) is 5.80. The molecule has 1 aromatic carbocycles. The van der Waals surface area contributed by atoms with Crippen molar-refractivity contribution in [3.8, 4) is 0 Å². The number of nitrogen functional groups attached to an aromatic ring is 1. The third kappa shape index (κ3) is 2.94. The number of nitrogens with zero attached hydrogens (tertiary/aromatic N) is 3. The van der Waals surface area contributed by atoms with Crippen molar-refractivity contribution in [2.24, 2.45) is 0 Å². The number of nitrogens with two attached hydrogens (primary N) is 1. The first-order valence-corrected chi connectivity index (χ1v) is 8.12. The van der Waals surface area contributed by atoms with Crippen molar-refractivity contribution in [1.82, 2.24) is 14.8 Å². The molecule has 108 valence electrons. The molecule has 6 nitrogen and oxygen atoms in total. The van der Waals surface area contributed by atoms with Gasteiger partial charge in [0.15, 0.2) is 9.84 Å². The molecule has 2 aromatic rings. The minimum absolute atomic E-state index is 0.0484. The van der Waals surface area contributed by atoms with Crippen LogP contribution < -0.4 is 5.73 Å². The minimum atomic E-state index is -3.67. The molecule has 2 rings (SSSR count). The van der Waals surface area contributed by atoms with E-state index in [0.29, 0.717) is 12.4 Å². The highest BCUT2D eigenvalue weighted by Gasteiger charge is 2.24. The summed E-state index contributed by atoms with van der Waals surface area (Å²) < 4.78 is 26.5. The van der Waals surface area contributed by atoms with Crippen LogP contribution in [0.2, 0.25) is 5.02 Å². The Morgan fingerprint density at radius 3 is 2.80 bits per heavy atom. The number of sulfone groups is 1. The van der Waals surface area contributed by atoms with Crippen LogP contribution in [0.4, 0.5) is 5.69 Å². The van der Waals surface area contributed by atoms with Gasteiger partial charge in [0.2, 0.25) is 0 Å². The Kier molecular flexibility index (Phi) is 4.29. The van der Waals surface area contributed by atoms with Crippen LogP contribution in [-0.2, 0) is 22.1 Å². The summed E-state index contributed by atoms with van der Waals surface area (Å²) in [6.45, 7) is 2.59. The number of hydrogen-bond acceptors (Lipinski definition) is 5. The zero-order valence-electron chi connectivity index (χ0n) is 11.0. The monoisotopic (exact) mass is 314 g/mol. The molecular weight excluding hydrogens is 300 g/mol. The van der Waals surface area contributed by atoms with Crippen molar-refractivity contribution >= 4 is 27.1 Å². The zero-order valence-corrected chi connectivity index (χ0v) is 12.5. The van der Waals surface area contributed by atoms with Crippen LogP contribution >= 0.6 is 11.6 Å².